The summed E-state index contributed by atoms with van der Waals surface area (Å²) in [6.07, 6.45) is 0. The van der Waals surface area contributed by atoms with E-state index in [-0.39, 0.29) is 6.61 Å². The number of aliphatic hydroxyl groups excluding tert-OH is 1. The molecule has 0 amide bonds. The van der Waals surface area contributed by atoms with Crippen molar-refractivity contribution in [2.75, 3.05) is 14.2 Å². The third-order valence-electron chi connectivity index (χ3n) is 3.00. The minimum Gasteiger partial charge on any atom is -0.497 e. The number of benzene rings is 1. The van der Waals surface area contributed by atoms with Gasteiger partial charge in [0, 0.05) is 17.8 Å². The number of aromatic nitrogens is 1. The average molecular weight is 289 g/mol. The third kappa shape index (κ3) is 3.86. The highest BCUT2D eigenvalue weighted by atomic mass is 16.5. The largest absolute Gasteiger partial charge is 0.497 e. The van der Waals surface area contributed by atoms with Gasteiger partial charge in [-0.2, -0.15) is 0 Å². The number of ether oxygens (including phenoxy) is 3. The summed E-state index contributed by atoms with van der Waals surface area (Å²) in [7, 11) is 3.19. The molecule has 5 heteroatoms. The summed E-state index contributed by atoms with van der Waals surface area (Å²) in [6, 6.07) is 9.01. The molecule has 0 radical (unpaired) electrons. The van der Waals surface area contributed by atoms with E-state index in [9.17, 15) is 0 Å². The zero-order valence-corrected chi connectivity index (χ0v) is 12.4. The van der Waals surface area contributed by atoms with Crippen LogP contribution in [-0.4, -0.2) is 24.3 Å². The molecular weight excluding hydrogens is 270 g/mol. The van der Waals surface area contributed by atoms with E-state index in [0.29, 0.717) is 18.1 Å². The fourth-order valence-corrected chi connectivity index (χ4v) is 1.98. The van der Waals surface area contributed by atoms with E-state index in [1.165, 1.54) is 0 Å². The van der Waals surface area contributed by atoms with Crippen LogP contribution in [0.15, 0.2) is 30.3 Å². The van der Waals surface area contributed by atoms with E-state index in [1.54, 1.807) is 32.4 Å². The molecule has 0 saturated carbocycles. The first-order chi connectivity index (χ1) is 10.2. The van der Waals surface area contributed by atoms with Gasteiger partial charge in [0.15, 0.2) is 11.5 Å². The molecule has 5 nitrogen and oxygen atoms in total. The fraction of sp³-hybridized carbons (Fsp3) is 0.312. The predicted octanol–water partition coefficient (Wildman–Crippen LogP) is 2.48. The zero-order chi connectivity index (χ0) is 15.2. The van der Waals surface area contributed by atoms with Gasteiger partial charge in [-0.3, -0.25) is 4.98 Å². The van der Waals surface area contributed by atoms with E-state index in [0.717, 1.165) is 22.7 Å². The smallest absolute Gasteiger partial charge is 0.161 e. The van der Waals surface area contributed by atoms with Crippen molar-refractivity contribution < 1.29 is 19.3 Å². The second kappa shape index (κ2) is 6.95. The van der Waals surface area contributed by atoms with E-state index >= 15 is 0 Å². The van der Waals surface area contributed by atoms with E-state index in [1.807, 2.05) is 19.1 Å². The number of aryl methyl sites for hydroxylation is 1. The maximum absolute atomic E-state index is 9.12. The van der Waals surface area contributed by atoms with E-state index < -0.39 is 0 Å². The van der Waals surface area contributed by atoms with Gasteiger partial charge in [-0.1, -0.05) is 6.07 Å². The summed E-state index contributed by atoms with van der Waals surface area (Å²) in [5.74, 6) is 1.95. The van der Waals surface area contributed by atoms with Crippen molar-refractivity contribution >= 4 is 0 Å². The molecule has 0 fully saturated rings. The highest BCUT2D eigenvalue weighted by Crippen LogP contribution is 2.29. The van der Waals surface area contributed by atoms with Gasteiger partial charge in [0.2, 0.25) is 0 Å². The molecule has 0 atom stereocenters. The maximum Gasteiger partial charge on any atom is 0.161 e. The lowest BCUT2D eigenvalue weighted by atomic mass is 10.2. The van der Waals surface area contributed by atoms with E-state index in [4.69, 9.17) is 19.3 Å². The fourth-order valence-electron chi connectivity index (χ4n) is 1.98. The molecular formula is C16H19NO4. The Morgan fingerprint density at radius 3 is 2.52 bits per heavy atom. The Kier molecular flexibility index (Phi) is 5.00. The number of pyridine rings is 1. The molecule has 0 spiro atoms. The molecule has 0 aliphatic rings. The topological polar surface area (TPSA) is 60.8 Å². The first-order valence-electron chi connectivity index (χ1n) is 6.58. The van der Waals surface area contributed by atoms with Gasteiger partial charge in [-0.15, -0.1) is 0 Å². The van der Waals surface area contributed by atoms with Gasteiger partial charge in [-0.25, -0.2) is 0 Å². The van der Waals surface area contributed by atoms with Crippen LogP contribution in [0.3, 0.4) is 0 Å². The number of nitrogens with zero attached hydrogens (tertiary/aromatic N) is 1. The second-order valence-electron chi connectivity index (χ2n) is 4.57. The lowest BCUT2D eigenvalue weighted by molar-refractivity contribution is 0.272. The Balaban J connectivity index is 2.14. The Labute approximate surface area is 124 Å². The zero-order valence-electron chi connectivity index (χ0n) is 12.4. The standard InChI is InChI=1S/C16H19NO4/c1-11-6-14(19-2)8-13(17-11)10-21-15-5-4-12(9-18)7-16(15)20-3/h4-8,18H,9-10H2,1-3H3. The van der Waals surface area contributed by atoms with Crippen LogP contribution in [0, 0.1) is 6.92 Å². The molecule has 1 N–H and O–H groups in total. The quantitative estimate of drug-likeness (QED) is 0.885. The Hall–Kier alpha value is -2.27. The number of aliphatic hydroxyl groups is 1. The van der Waals surface area contributed by atoms with Gasteiger partial charge >= 0.3 is 0 Å². The molecule has 1 heterocycles. The number of hydrogen-bond acceptors (Lipinski definition) is 5. The van der Waals surface area contributed by atoms with Crippen molar-refractivity contribution in [3.8, 4) is 17.2 Å². The Morgan fingerprint density at radius 1 is 1.05 bits per heavy atom. The summed E-state index contributed by atoms with van der Waals surface area (Å²) < 4.78 is 16.2. The number of rotatable bonds is 6. The maximum atomic E-state index is 9.12. The minimum absolute atomic E-state index is 0.0345. The molecule has 0 aliphatic heterocycles. The molecule has 0 unspecified atom stereocenters. The second-order valence-corrected chi connectivity index (χ2v) is 4.57. The van der Waals surface area contributed by atoms with Crippen LogP contribution in [0.2, 0.25) is 0 Å². The summed E-state index contributed by atoms with van der Waals surface area (Å²) in [6.45, 7) is 2.18. The monoisotopic (exact) mass is 289 g/mol. The molecule has 1 aromatic heterocycles. The summed E-state index contributed by atoms with van der Waals surface area (Å²) in [4.78, 5) is 4.40. The van der Waals surface area contributed by atoms with Crippen molar-refractivity contribution in [3.63, 3.8) is 0 Å². The highest BCUT2D eigenvalue weighted by Gasteiger charge is 2.07. The van der Waals surface area contributed by atoms with Crippen LogP contribution in [0.1, 0.15) is 17.0 Å². The van der Waals surface area contributed by atoms with Crippen molar-refractivity contribution in [2.45, 2.75) is 20.1 Å². The molecule has 2 rings (SSSR count). The van der Waals surface area contributed by atoms with Crippen LogP contribution >= 0.6 is 0 Å². The van der Waals surface area contributed by atoms with Crippen molar-refractivity contribution in [1.82, 2.24) is 4.98 Å². The van der Waals surface area contributed by atoms with Crippen molar-refractivity contribution in [2.24, 2.45) is 0 Å². The summed E-state index contributed by atoms with van der Waals surface area (Å²) in [5.41, 5.74) is 2.42. The molecule has 0 saturated heterocycles. The average Bonchev–Trinajstić information content (AvgIpc) is 2.52. The normalized spacial score (nSPS) is 10.3. The van der Waals surface area contributed by atoms with Crippen LogP contribution < -0.4 is 14.2 Å². The van der Waals surface area contributed by atoms with Crippen LogP contribution in [0.25, 0.3) is 0 Å². The first kappa shape index (κ1) is 15.1. The molecule has 0 aliphatic carbocycles. The van der Waals surface area contributed by atoms with Crippen LogP contribution in [-0.2, 0) is 13.2 Å². The Morgan fingerprint density at radius 2 is 1.86 bits per heavy atom. The van der Waals surface area contributed by atoms with Gasteiger partial charge < -0.3 is 19.3 Å². The minimum atomic E-state index is -0.0345. The molecule has 2 aromatic rings. The third-order valence-corrected chi connectivity index (χ3v) is 3.00. The van der Waals surface area contributed by atoms with Gasteiger partial charge in [-0.05, 0) is 24.6 Å². The first-order valence-corrected chi connectivity index (χ1v) is 6.58. The van der Waals surface area contributed by atoms with Crippen LogP contribution in [0.4, 0.5) is 0 Å². The molecule has 0 bridgehead atoms. The van der Waals surface area contributed by atoms with Crippen molar-refractivity contribution in [3.05, 3.63) is 47.3 Å². The van der Waals surface area contributed by atoms with Crippen molar-refractivity contribution in [1.29, 1.82) is 0 Å². The Bertz CT molecular complexity index is 613. The van der Waals surface area contributed by atoms with Gasteiger partial charge in [0.25, 0.3) is 0 Å². The highest BCUT2D eigenvalue weighted by molar-refractivity contribution is 5.43. The summed E-state index contributed by atoms with van der Waals surface area (Å²) >= 11 is 0. The SMILES string of the molecule is COc1cc(C)nc(COc2ccc(CO)cc2OC)c1. The number of hydrogen-bond donors (Lipinski definition) is 1. The van der Waals surface area contributed by atoms with E-state index in [2.05, 4.69) is 4.98 Å². The van der Waals surface area contributed by atoms with Gasteiger partial charge in [0.05, 0.1) is 26.5 Å². The van der Waals surface area contributed by atoms with Crippen LogP contribution in [0.5, 0.6) is 17.2 Å². The molecule has 112 valence electrons. The summed E-state index contributed by atoms with van der Waals surface area (Å²) in [5, 5.41) is 9.12. The molecule has 1 aromatic carbocycles. The molecule has 21 heavy (non-hydrogen) atoms. The lowest BCUT2D eigenvalue weighted by Crippen LogP contribution is -2.02. The number of methoxy groups -OCH3 is 2. The predicted molar refractivity (Wildman–Crippen MR) is 78.8 cm³/mol. The van der Waals surface area contributed by atoms with Gasteiger partial charge in [0.1, 0.15) is 12.4 Å². The lowest BCUT2D eigenvalue weighted by Gasteiger charge is -2.12.